The van der Waals surface area contributed by atoms with E-state index < -0.39 is 4.92 Å². The maximum Gasteiger partial charge on any atom is 0.286 e. The van der Waals surface area contributed by atoms with E-state index in [9.17, 15) is 14.9 Å². The number of aryl methyl sites for hydroxylation is 1. The van der Waals surface area contributed by atoms with E-state index in [1.807, 2.05) is 0 Å². The van der Waals surface area contributed by atoms with Gasteiger partial charge in [-0.3, -0.25) is 14.9 Å². The Morgan fingerprint density at radius 2 is 2.27 bits per heavy atom. The zero-order chi connectivity index (χ0) is 11.4. The number of hydrogen-bond acceptors (Lipinski definition) is 4. The van der Waals surface area contributed by atoms with Gasteiger partial charge in [0.05, 0.1) is 15.6 Å². The molecule has 15 heavy (non-hydrogen) atoms. The number of aliphatic hydroxyl groups excluding tert-OH is 1. The number of nitro groups is 1. The van der Waals surface area contributed by atoms with Crippen molar-refractivity contribution in [1.29, 1.82) is 0 Å². The third-order valence-corrected chi connectivity index (χ3v) is 2.36. The Balaban J connectivity index is 3.13. The summed E-state index contributed by atoms with van der Waals surface area (Å²) in [6, 6.07) is 1.16. The van der Waals surface area contributed by atoms with Crippen molar-refractivity contribution in [3.63, 3.8) is 0 Å². The molecular formula is C8H9BrN2O4. The molecule has 82 valence electrons. The van der Waals surface area contributed by atoms with E-state index in [1.54, 1.807) is 0 Å². The smallest absolute Gasteiger partial charge is 0.286 e. The van der Waals surface area contributed by atoms with Crippen LogP contribution in [0.4, 0.5) is 5.69 Å². The quantitative estimate of drug-likeness (QED) is 0.654. The van der Waals surface area contributed by atoms with Gasteiger partial charge in [0.15, 0.2) is 0 Å². The molecule has 6 nitrogen and oxygen atoms in total. The van der Waals surface area contributed by atoms with Crippen molar-refractivity contribution in [2.75, 3.05) is 6.61 Å². The molecule has 0 aliphatic heterocycles. The SMILES string of the molecule is O=c1c(Br)cc([N+](=O)[O-])cn1CCCO. The van der Waals surface area contributed by atoms with Crippen LogP contribution in [0.2, 0.25) is 0 Å². The van der Waals surface area contributed by atoms with E-state index in [0.717, 1.165) is 6.07 Å². The van der Waals surface area contributed by atoms with E-state index in [1.165, 1.54) is 10.8 Å². The van der Waals surface area contributed by atoms with Crippen LogP contribution in [0.1, 0.15) is 6.42 Å². The fraction of sp³-hybridized carbons (Fsp3) is 0.375. The number of aliphatic hydroxyl groups is 1. The highest BCUT2D eigenvalue weighted by Gasteiger charge is 2.11. The van der Waals surface area contributed by atoms with Gasteiger partial charge in [0.25, 0.3) is 11.2 Å². The second-order valence-electron chi connectivity index (χ2n) is 2.88. The predicted molar refractivity (Wildman–Crippen MR) is 56.8 cm³/mol. The number of pyridine rings is 1. The summed E-state index contributed by atoms with van der Waals surface area (Å²) < 4.78 is 1.35. The molecule has 0 radical (unpaired) electrons. The van der Waals surface area contributed by atoms with Gasteiger partial charge in [-0.1, -0.05) is 0 Å². The lowest BCUT2D eigenvalue weighted by atomic mass is 10.4. The van der Waals surface area contributed by atoms with Crippen molar-refractivity contribution in [3.05, 3.63) is 37.2 Å². The summed E-state index contributed by atoms with van der Waals surface area (Å²) in [5.41, 5.74) is -0.492. The number of rotatable bonds is 4. The van der Waals surface area contributed by atoms with Crippen LogP contribution in [0.5, 0.6) is 0 Å². The topological polar surface area (TPSA) is 85.4 Å². The van der Waals surface area contributed by atoms with Gasteiger partial charge in [-0.2, -0.15) is 0 Å². The molecule has 0 aliphatic rings. The largest absolute Gasteiger partial charge is 0.396 e. The predicted octanol–water partition coefficient (Wildman–Crippen LogP) is 0.901. The fourth-order valence-electron chi connectivity index (χ4n) is 1.09. The summed E-state index contributed by atoms with van der Waals surface area (Å²) >= 11 is 2.96. The molecule has 0 aliphatic carbocycles. The van der Waals surface area contributed by atoms with Crippen LogP contribution < -0.4 is 5.56 Å². The van der Waals surface area contributed by atoms with Gasteiger partial charge in [-0.15, -0.1) is 0 Å². The lowest BCUT2D eigenvalue weighted by Crippen LogP contribution is -2.21. The molecule has 0 fully saturated rings. The first-order valence-electron chi connectivity index (χ1n) is 4.21. The molecule has 1 N–H and O–H groups in total. The van der Waals surface area contributed by atoms with E-state index in [4.69, 9.17) is 5.11 Å². The van der Waals surface area contributed by atoms with Crippen molar-refractivity contribution >= 4 is 21.6 Å². The lowest BCUT2D eigenvalue weighted by molar-refractivity contribution is -0.385. The molecule has 1 aromatic heterocycles. The zero-order valence-electron chi connectivity index (χ0n) is 7.72. The highest BCUT2D eigenvalue weighted by Crippen LogP contribution is 2.14. The third-order valence-electron chi connectivity index (χ3n) is 1.80. The second kappa shape index (κ2) is 5.04. The van der Waals surface area contributed by atoms with Gasteiger partial charge in [0, 0.05) is 19.2 Å². The van der Waals surface area contributed by atoms with Crippen LogP contribution in [0.3, 0.4) is 0 Å². The third kappa shape index (κ3) is 2.87. The number of halogens is 1. The first kappa shape index (κ1) is 11.9. The summed E-state index contributed by atoms with van der Waals surface area (Å²) in [5, 5.41) is 19.1. The summed E-state index contributed by atoms with van der Waals surface area (Å²) in [5.74, 6) is 0. The molecule has 1 heterocycles. The van der Waals surface area contributed by atoms with Crippen molar-refractivity contribution in [1.82, 2.24) is 4.57 Å². The van der Waals surface area contributed by atoms with Crippen molar-refractivity contribution < 1.29 is 10.0 Å². The fourth-order valence-corrected chi connectivity index (χ4v) is 1.55. The Morgan fingerprint density at radius 3 is 2.80 bits per heavy atom. The molecule has 1 aromatic rings. The molecule has 0 atom stereocenters. The molecule has 0 bridgehead atoms. The normalized spacial score (nSPS) is 10.3. The van der Waals surface area contributed by atoms with Gasteiger partial charge >= 0.3 is 0 Å². The molecule has 0 aromatic carbocycles. The Bertz CT molecular complexity index is 429. The first-order chi connectivity index (χ1) is 7.06. The number of hydrogen-bond donors (Lipinski definition) is 1. The first-order valence-corrected chi connectivity index (χ1v) is 5.01. The molecule has 0 saturated heterocycles. The minimum absolute atomic E-state index is 0.0627. The number of aromatic nitrogens is 1. The van der Waals surface area contributed by atoms with Gasteiger partial charge < -0.3 is 9.67 Å². The van der Waals surface area contributed by atoms with Crippen molar-refractivity contribution in [2.45, 2.75) is 13.0 Å². The molecular weight excluding hydrogens is 268 g/mol. The summed E-state index contributed by atoms with van der Waals surface area (Å²) in [6.45, 7) is 0.197. The lowest BCUT2D eigenvalue weighted by Gasteiger charge is -2.04. The summed E-state index contributed by atoms with van der Waals surface area (Å²) in [6.07, 6.45) is 1.55. The molecule has 0 amide bonds. The minimum Gasteiger partial charge on any atom is -0.396 e. The van der Waals surface area contributed by atoms with Crippen molar-refractivity contribution in [3.8, 4) is 0 Å². The van der Waals surface area contributed by atoms with E-state index >= 15 is 0 Å². The average molecular weight is 277 g/mol. The van der Waals surface area contributed by atoms with Gasteiger partial charge in [0.1, 0.15) is 0 Å². The van der Waals surface area contributed by atoms with E-state index in [2.05, 4.69) is 15.9 Å². The zero-order valence-corrected chi connectivity index (χ0v) is 9.31. The summed E-state index contributed by atoms with van der Waals surface area (Å²) in [7, 11) is 0. The maximum atomic E-state index is 11.5. The molecule has 7 heteroatoms. The van der Waals surface area contributed by atoms with Crippen LogP contribution in [-0.2, 0) is 6.54 Å². The van der Waals surface area contributed by atoms with Crippen LogP contribution in [-0.4, -0.2) is 21.2 Å². The molecule has 0 saturated carbocycles. The maximum absolute atomic E-state index is 11.5. The Morgan fingerprint density at radius 1 is 1.60 bits per heavy atom. The average Bonchev–Trinajstić information content (AvgIpc) is 2.19. The Labute approximate surface area is 93.4 Å². The highest BCUT2D eigenvalue weighted by molar-refractivity contribution is 9.10. The molecule has 0 spiro atoms. The van der Waals surface area contributed by atoms with E-state index in [-0.39, 0.29) is 28.9 Å². The Hall–Kier alpha value is -1.21. The second-order valence-corrected chi connectivity index (χ2v) is 3.73. The van der Waals surface area contributed by atoms with Gasteiger partial charge in [-0.25, -0.2) is 0 Å². The summed E-state index contributed by atoms with van der Waals surface area (Å²) in [4.78, 5) is 21.4. The van der Waals surface area contributed by atoms with Crippen LogP contribution in [0.15, 0.2) is 21.5 Å². The number of nitrogens with zero attached hydrogens (tertiary/aromatic N) is 2. The van der Waals surface area contributed by atoms with Crippen molar-refractivity contribution in [2.24, 2.45) is 0 Å². The van der Waals surface area contributed by atoms with Gasteiger partial charge in [0.2, 0.25) is 0 Å². The molecule has 0 unspecified atom stereocenters. The Kier molecular flexibility index (Phi) is 3.98. The molecule has 1 rings (SSSR count). The van der Waals surface area contributed by atoms with Crippen LogP contribution >= 0.6 is 15.9 Å². The van der Waals surface area contributed by atoms with Crippen LogP contribution in [0.25, 0.3) is 0 Å². The van der Waals surface area contributed by atoms with Gasteiger partial charge in [-0.05, 0) is 22.4 Å². The monoisotopic (exact) mass is 276 g/mol. The highest BCUT2D eigenvalue weighted by atomic mass is 79.9. The standard InChI is InChI=1S/C8H9BrN2O4/c9-7-4-6(11(14)15)5-10(8(7)13)2-1-3-12/h4-5,12H,1-3H2. The van der Waals surface area contributed by atoms with Crippen LogP contribution in [0, 0.1) is 10.1 Å². The van der Waals surface area contributed by atoms with E-state index in [0.29, 0.717) is 6.42 Å². The minimum atomic E-state index is -0.570.